The average molecular weight is 404 g/mol. The molecular formula is C24H26N3O3+. The van der Waals surface area contributed by atoms with Crippen molar-refractivity contribution < 1.29 is 19.2 Å². The Hall–Kier alpha value is -3.25. The maximum Gasteiger partial charge on any atom is 0.279 e. The van der Waals surface area contributed by atoms with E-state index in [1.807, 2.05) is 37.3 Å². The van der Waals surface area contributed by atoms with Gasteiger partial charge in [-0.1, -0.05) is 17.7 Å². The molecule has 2 aliphatic rings. The number of rotatable bonds is 4. The van der Waals surface area contributed by atoms with Crippen LogP contribution in [0.5, 0.6) is 11.5 Å². The third-order valence-corrected chi connectivity index (χ3v) is 5.86. The molecule has 0 spiro atoms. The Labute approximate surface area is 176 Å². The van der Waals surface area contributed by atoms with Gasteiger partial charge in [0.25, 0.3) is 5.91 Å². The van der Waals surface area contributed by atoms with Gasteiger partial charge >= 0.3 is 0 Å². The van der Waals surface area contributed by atoms with E-state index in [-0.39, 0.29) is 11.9 Å². The summed E-state index contributed by atoms with van der Waals surface area (Å²) in [5, 5.41) is 3.04. The second-order valence-electron chi connectivity index (χ2n) is 7.96. The lowest BCUT2D eigenvalue weighted by Gasteiger charge is -2.34. The summed E-state index contributed by atoms with van der Waals surface area (Å²) in [5.41, 5.74) is 4.36. The van der Waals surface area contributed by atoms with Crippen LogP contribution in [0.15, 0.2) is 60.8 Å². The molecule has 1 unspecified atom stereocenters. The molecule has 6 nitrogen and oxygen atoms in total. The van der Waals surface area contributed by atoms with E-state index in [9.17, 15) is 4.79 Å². The van der Waals surface area contributed by atoms with Gasteiger partial charge in [-0.2, -0.15) is 0 Å². The highest BCUT2D eigenvalue weighted by Gasteiger charge is 2.34. The van der Waals surface area contributed by atoms with E-state index < -0.39 is 0 Å². The lowest BCUT2D eigenvalue weighted by molar-refractivity contribution is -0.922. The average Bonchev–Trinajstić information content (AvgIpc) is 3.24. The van der Waals surface area contributed by atoms with Crippen LogP contribution in [0, 0.1) is 6.92 Å². The second kappa shape index (κ2) is 7.88. The number of aryl methyl sites for hydroxylation is 1. The van der Waals surface area contributed by atoms with Crippen molar-refractivity contribution in [2.24, 2.45) is 0 Å². The normalized spacial score (nSPS) is 19.8. The van der Waals surface area contributed by atoms with Gasteiger partial charge in [-0.15, -0.1) is 0 Å². The number of amides is 1. The van der Waals surface area contributed by atoms with Crippen molar-refractivity contribution in [3.63, 3.8) is 0 Å². The van der Waals surface area contributed by atoms with Crippen molar-refractivity contribution in [3.8, 4) is 11.5 Å². The first kappa shape index (κ1) is 18.8. The zero-order valence-electron chi connectivity index (χ0n) is 17.1. The van der Waals surface area contributed by atoms with Gasteiger partial charge in [-0.3, -0.25) is 4.79 Å². The molecule has 2 atom stereocenters. The highest BCUT2D eigenvalue weighted by molar-refractivity contribution is 5.91. The Morgan fingerprint density at radius 2 is 1.90 bits per heavy atom. The molecule has 2 aromatic carbocycles. The molecule has 3 heterocycles. The first-order valence-electron chi connectivity index (χ1n) is 10.4. The number of fused-ring (bicyclic) bond motifs is 2. The van der Waals surface area contributed by atoms with E-state index in [4.69, 9.17) is 9.47 Å². The first-order valence-corrected chi connectivity index (χ1v) is 10.4. The monoisotopic (exact) mass is 404 g/mol. The van der Waals surface area contributed by atoms with E-state index in [1.165, 1.54) is 16.2 Å². The number of hydrogen-bond donors (Lipinski definition) is 2. The van der Waals surface area contributed by atoms with Crippen LogP contribution in [0.1, 0.15) is 22.9 Å². The molecule has 1 aromatic heterocycles. The van der Waals surface area contributed by atoms with E-state index in [2.05, 4.69) is 40.3 Å². The van der Waals surface area contributed by atoms with Crippen molar-refractivity contribution in [1.29, 1.82) is 0 Å². The molecular weight excluding hydrogens is 378 g/mol. The standard InChI is InChI=1S/C24H25N3O3/c1-17-4-7-19(8-5-17)25-23(28)16-27-12-11-26-10-2-3-20(26)24(27)18-6-9-21-22(15-18)30-14-13-29-21/h2-10,15,24H,11-14,16H2,1H3,(H,25,28)/p+1/t24-/m0/s1. The first-order chi connectivity index (χ1) is 14.7. The number of hydrogen-bond acceptors (Lipinski definition) is 3. The quantitative estimate of drug-likeness (QED) is 0.701. The Morgan fingerprint density at radius 3 is 2.73 bits per heavy atom. The largest absolute Gasteiger partial charge is 0.486 e. The van der Waals surface area contributed by atoms with Crippen molar-refractivity contribution in [3.05, 3.63) is 77.6 Å². The lowest BCUT2D eigenvalue weighted by Crippen LogP contribution is -3.14. The number of nitrogens with one attached hydrogen (secondary N) is 2. The van der Waals surface area contributed by atoms with Crippen molar-refractivity contribution >= 4 is 11.6 Å². The zero-order valence-corrected chi connectivity index (χ0v) is 17.1. The molecule has 0 saturated heterocycles. The van der Waals surface area contributed by atoms with Crippen molar-refractivity contribution in [2.75, 3.05) is 31.6 Å². The number of nitrogens with zero attached hydrogens (tertiary/aromatic N) is 1. The smallest absolute Gasteiger partial charge is 0.279 e. The van der Waals surface area contributed by atoms with Crippen LogP contribution in [-0.2, 0) is 11.3 Å². The minimum absolute atomic E-state index is 0.0244. The number of carbonyl (C=O) groups excluding carboxylic acids is 1. The van der Waals surface area contributed by atoms with Gasteiger partial charge in [0, 0.05) is 17.4 Å². The molecule has 0 aliphatic carbocycles. The third kappa shape index (κ3) is 3.66. The van der Waals surface area contributed by atoms with Gasteiger partial charge in [0.05, 0.1) is 18.8 Å². The van der Waals surface area contributed by atoms with Crippen LogP contribution in [0.4, 0.5) is 5.69 Å². The van der Waals surface area contributed by atoms with Gasteiger partial charge in [-0.05, 0) is 49.4 Å². The van der Waals surface area contributed by atoms with Crippen LogP contribution < -0.4 is 19.7 Å². The Balaban J connectivity index is 1.41. The van der Waals surface area contributed by atoms with Crippen molar-refractivity contribution in [2.45, 2.75) is 19.5 Å². The Morgan fingerprint density at radius 1 is 1.10 bits per heavy atom. The Kier molecular flexibility index (Phi) is 4.93. The second-order valence-corrected chi connectivity index (χ2v) is 7.96. The van der Waals surface area contributed by atoms with Gasteiger partial charge < -0.3 is 24.3 Å². The van der Waals surface area contributed by atoms with Crippen molar-refractivity contribution in [1.82, 2.24) is 4.57 Å². The molecule has 0 radical (unpaired) electrons. The predicted molar refractivity (Wildman–Crippen MR) is 114 cm³/mol. The van der Waals surface area contributed by atoms with Crippen LogP contribution in [0.2, 0.25) is 0 Å². The predicted octanol–water partition coefficient (Wildman–Crippen LogP) is 2.19. The molecule has 6 heteroatoms. The number of benzene rings is 2. The van der Waals surface area contributed by atoms with Crippen LogP contribution >= 0.6 is 0 Å². The van der Waals surface area contributed by atoms with Gasteiger partial charge in [0.15, 0.2) is 24.1 Å². The maximum atomic E-state index is 12.8. The summed E-state index contributed by atoms with van der Waals surface area (Å²) in [4.78, 5) is 14.1. The molecule has 3 aromatic rings. The van der Waals surface area contributed by atoms with Gasteiger partial charge in [-0.25, -0.2) is 0 Å². The Bertz CT molecular complexity index is 1060. The van der Waals surface area contributed by atoms with E-state index in [0.29, 0.717) is 19.8 Å². The van der Waals surface area contributed by atoms with E-state index in [1.54, 1.807) is 0 Å². The third-order valence-electron chi connectivity index (χ3n) is 5.86. The minimum atomic E-state index is 0.0244. The molecule has 0 saturated carbocycles. The number of ether oxygens (including phenoxy) is 2. The number of anilines is 1. The fraction of sp³-hybridized carbons (Fsp3) is 0.292. The molecule has 2 N–H and O–H groups in total. The fourth-order valence-electron chi connectivity index (χ4n) is 4.40. The molecule has 5 rings (SSSR count). The number of quaternary nitrogens is 1. The summed E-state index contributed by atoms with van der Waals surface area (Å²) < 4.78 is 13.8. The topological polar surface area (TPSA) is 56.9 Å². The number of aromatic nitrogens is 1. The highest BCUT2D eigenvalue weighted by Crippen LogP contribution is 2.34. The van der Waals surface area contributed by atoms with E-state index >= 15 is 0 Å². The minimum Gasteiger partial charge on any atom is -0.486 e. The summed E-state index contributed by atoms with van der Waals surface area (Å²) in [5.74, 6) is 1.59. The summed E-state index contributed by atoms with van der Waals surface area (Å²) in [7, 11) is 0. The molecule has 2 aliphatic heterocycles. The SMILES string of the molecule is Cc1ccc(NC(=O)C[NH+]2CCn3cccc3[C@@H]2c2ccc3c(c2)OCCO3)cc1. The highest BCUT2D eigenvalue weighted by atomic mass is 16.6. The zero-order chi connectivity index (χ0) is 20.5. The van der Waals surface area contributed by atoms with Crippen LogP contribution in [-0.4, -0.2) is 36.8 Å². The summed E-state index contributed by atoms with van der Waals surface area (Å²) in [6.07, 6.45) is 2.11. The van der Waals surface area contributed by atoms with Crippen LogP contribution in [0.3, 0.4) is 0 Å². The molecule has 0 bridgehead atoms. The van der Waals surface area contributed by atoms with E-state index in [0.717, 1.165) is 35.8 Å². The summed E-state index contributed by atoms with van der Waals surface area (Å²) >= 11 is 0. The van der Waals surface area contributed by atoms with Crippen LogP contribution in [0.25, 0.3) is 0 Å². The maximum absolute atomic E-state index is 12.8. The summed E-state index contributed by atoms with van der Waals surface area (Å²) in [6, 6.07) is 18.4. The molecule has 1 amide bonds. The lowest BCUT2D eigenvalue weighted by atomic mass is 9.99. The fourth-order valence-corrected chi connectivity index (χ4v) is 4.40. The van der Waals surface area contributed by atoms with Gasteiger partial charge in [0.2, 0.25) is 0 Å². The molecule has 154 valence electrons. The van der Waals surface area contributed by atoms with Gasteiger partial charge in [0.1, 0.15) is 13.2 Å². The molecule has 30 heavy (non-hydrogen) atoms. The summed E-state index contributed by atoms with van der Waals surface area (Å²) in [6.45, 7) is 5.36. The molecule has 0 fully saturated rings. The number of carbonyl (C=O) groups is 1.